The third-order valence-electron chi connectivity index (χ3n) is 3.38. The van der Waals surface area contributed by atoms with Gasteiger partial charge in [0, 0.05) is 13.1 Å². The molecular formula is C15H25Br2NO2. The molecule has 1 aliphatic heterocycles. The smallest absolute Gasteiger partial charge is 0.410 e. The predicted octanol–water partition coefficient (Wildman–Crippen LogP) is 5.44. The largest absolute Gasteiger partial charge is 0.444 e. The first-order valence-corrected chi connectivity index (χ1v) is 8.85. The van der Waals surface area contributed by atoms with E-state index >= 15 is 0 Å². The molecule has 0 aromatic rings. The third kappa shape index (κ3) is 7.67. The van der Waals surface area contributed by atoms with Crippen LogP contribution in [0.4, 0.5) is 4.79 Å². The molecular weight excluding hydrogens is 386 g/mol. The van der Waals surface area contributed by atoms with Crippen molar-refractivity contribution < 1.29 is 9.53 Å². The number of amides is 1. The number of hydrogen-bond acceptors (Lipinski definition) is 2. The number of hydrogen-bond donors (Lipinski definition) is 0. The number of unbranched alkanes of at least 4 members (excludes halogenated alkanes) is 1. The van der Waals surface area contributed by atoms with E-state index in [9.17, 15) is 4.79 Å². The molecule has 1 rings (SSSR count). The number of allylic oxidation sites excluding steroid dienone is 1. The van der Waals surface area contributed by atoms with E-state index in [1.165, 1.54) is 12.8 Å². The molecule has 0 N–H and O–H groups in total. The van der Waals surface area contributed by atoms with Gasteiger partial charge < -0.3 is 9.64 Å². The first-order valence-electron chi connectivity index (χ1n) is 7.27. The summed E-state index contributed by atoms with van der Waals surface area (Å²) in [6.07, 6.45) is 7.72. The highest BCUT2D eigenvalue weighted by Crippen LogP contribution is 2.24. The van der Waals surface area contributed by atoms with Gasteiger partial charge in [-0.1, -0.05) is 12.5 Å². The highest BCUT2D eigenvalue weighted by molar-refractivity contribution is 9.28. The quantitative estimate of drug-likeness (QED) is 0.577. The third-order valence-corrected chi connectivity index (χ3v) is 4.03. The van der Waals surface area contributed by atoms with Gasteiger partial charge in [-0.2, -0.15) is 0 Å². The molecule has 1 fully saturated rings. The van der Waals surface area contributed by atoms with Crippen LogP contribution in [0.15, 0.2) is 9.47 Å². The van der Waals surface area contributed by atoms with Crippen molar-refractivity contribution in [3.05, 3.63) is 9.47 Å². The van der Waals surface area contributed by atoms with Crippen LogP contribution in [0.25, 0.3) is 0 Å². The molecule has 0 spiro atoms. The Labute approximate surface area is 139 Å². The molecule has 1 heterocycles. The van der Waals surface area contributed by atoms with Crippen LogP contribution in [-0.4, -0.2) is 29.7 Å². The van der Waals surface area contributed by atoms with Crippen molar-refractivity contribution in [1.29, 1.82) is 0 Å². The molecule has 1 aliphatic rings. The Bertz CT molecular complexity index is 338. The van der Waals surface area contributed by atoms with Crippen LogP contribution >= 0.6 is 31.9 Å². The summed E-state index contributed by atoms with van der Waals surface area (Å²) >= 11 is 6.74. The van der Waals surface area contributed by atoms with Crippen molar-refractivity contribution >= 4 is 38.0 Å². The number of carbonyl (C=O) groups is 1. The Morgan fingerprint density at radius 3 is 2.40 bits per heavy atom. The second-order valence-corrected chi connectivity index (χ2v) is 9.11. The molecule has 0 atom stereocenters. The van der Waals surface area contributed by atoms with Gasteiger partial charge in [-0.15, -0.1) is 0 Å². The number of piperidine rings is 1. The molecule has 116 valence electrons. The number of carbonyl (C=O) groups excluding carboxylic acids is 1. The molecule has 1 saturated heterocycles. The van der Waals surface area contributed by atoms with E-state index < -0.39 is 5.60 Å². The van der Waals surface area contributed by atoms with Crippen molar-refractivity contribution in [2.45, 2.75) is 58.5 Å². The lowest BCUT2D eigenvalue weighted by Crippen LogP contribution is -2.41. The summed E-state index contributed by atoms with van der Waals surface area (Å²) in [5, 5.41) is 0. The second kappa shape index (κ2) is 8.42. The summed E-state index contributed by atoms with van der Waals surface area (Å²) in [5.74, 6) is 0.746. The zero-order valence-electron chi connectivity index (χ0n) is 12.6. The molecule has 0 aromatic carbocycles. The van der Waals surface area contributed by atoms with Crippen molar-refractivity contribution in [2.24, 2.45) is 5.92 Å². The molecule has 5 heteroatoms. The number of rotatable bonds is 4. The Kier molecular flexibility index (Phi) is 7.59. The number of ether oxygens (including phenoxy) is 1. The molecule has 20 heavy (non-hydrogen) atoms. The lowest BCUT2D eigenvalue weighted by atomic mass is 9.92. The molecule has 0 radical (unpaired) electrons. The zero-order valence-corrected chi connectivity index (χ0v) is 15.8. The van der Waals surface area contributed by atoms with Gasteiger partial charge >= 0.3 is 6.09 Å². The minimum Gasteiger partial charge on any atom is -0.444 e. The normalized spacial score (nSPS) is 16.9. The maximum Gasteiger partial charge on any atom is 0.410 e. The maximum atomic E-state index is 11.9. The van der Waals surface area contributed by atoms with Gasteiger partial charge in [0.2, 0.25) is 0 Å². The van der Waals surface area contributed by atoms with Gasteiger partial charge in [-0.3, -0.25) is 0 Å². The summed E-state index contributed by atoms with van der Waals surface area (Å²) in [7, 11) is 0. The summed E-state index contributed by atoms with van der Waals surface area (Å²) < 4.78 is 6.44. The standard InChI is InChI=1S/C15H25Br2NO2/c1-15(2,3)20-14(19)18-10-8-12(9-11-18)6-4-5-7-13(16)17/h7,12H,4-6,8-11H2,1-3H3. The number of likely N-dealkylation sites (tertiary alicyclic amines) is 1. The fourth-order valence-electron chi connectivity index (χ4n) is 2.35. The fourth-order valence-corrected chi connectivity index (χ4v) is 2.81. The average Bonchev–Trinajstić information content (AvgIpc) is 2.33. The fraction of sp³-hybridized carbons (Fsp3) is 0.800. The molecule has 0 saturated carbocycles. The van der Waals surface area contributed by atoms with Crippen LogP contribution < -0.4 is 0 Å². The zero-order chi connectivity index (χ0) is 15.2. The monoisotopic (exact) mass is 409 g/mol. The van der Waals surface area contributed by atoms with E-state index in [0.29, 0.717) is 0 Å². The van der Waals surface area contributed by atoms with E-state index in [1.807, 2.05) is 25.7 Å². The van der Waals surface area contributed by atoms with Crippen molar-refractivity contribution in [3.63, 3.8) is 0 Å². The highest BCUT2D eigenvalue weighted by atomic mass is 79.9. The van der Waals surface area contributed by atoms with Gasteiger partial charge in [0.05, 0.1) is 3.39 Å². The lowest BCUT2D eigenvalue weighted by Gasteiger charge is -2.33. The van der Waals surface area contributed by atoms with Gasteiger partial charge in [-0.05, 0) is 84.2 Å². The van der Waals surface area contributed by atoms with Crippen LogP contribution in [-0.2, 0) is 4.74 Å². The first-order chi connectivity index (χ1) is 9.28. The Morgan fingerprint density at radius 2 is 1.90 bits per heavy atom. The average molecular weight is 411 g/mol. The lowest BCUT2D eigenvalue weighted by molar-refractivity contribution is 0.0181. The molecule has 0 aromatic heterocycles. The Hall–Kier alpha value is -0.0300. The summed E-state index contributed by atoms with van der Waals surface area (Å²) in [6, 6.07) is 0. The molecule has 0 unspecified atom stereocenters. The molecule has 0 bridgehead atoms. The van der Waals surface area contributed by atoms with Gasteiger partial charge in [0.15, 0.2) is 0 Å². The second-order valence-electron chi connectivity index (χ2n) is 6.34. The topological polar surface area (TPSA) is 29.5 Å². The van der Waals surface area contributed by atoms with Crippen LogP contribution in [0, 0.1) is 5.92 Å². The van der Waals surface area contributed by atoms with E-state index in [1.54, 1.807) is 0 Å². The summed E-state index contributed by atoms with van der Waals surface area (Å²) in [4.78, 5) is 13.8. The van der Waals surface area contributed by atoms with Gasteiger partial charge in [0.25, 0.3) is 0 Å². The van der Waals surface area contributed by atoms with Crippen molar-refractivity contribution in [3.8, 4) is 0 Å². The van der Waals surface area contributed by atoms with E-state index in [2.05, 4.69) is 37.9 Å². The van der Waals surface area contributed by atoms with Crippen LogP contribution in [0.2, 0.25) is 0 Å². The first kappa shape index (κ1) is 18.0. The van der Waals surface area contributed by atoms with Crippen LogP contribution in [0.3, 0.4) is 0 Å². The van der Waals surface area contributed by atoms with Crippen molar-refractivity contribution in [2.75, 3.05) is 13.1 Å². The van der Waals surface area contributed by atoms with E-state index in [-0.39, 0.29) is 6.09 Å². The van der Waals surface area contributed by atoms with E-state index in [4.69, 9.17) is 4.74 Å². The van der Waals surface area contributed by atoms with Gasteiger partial charge in [-0.25, -0.2) is 4.79 Å². The minimum atomic E-state index is -0.399. The number of halogens is 2. The Balaban J connectivity index is 2.23. The molecule has 0 aliphatic carbocycles. The minimum absolute atomic E-state index is 0.165. The highest BCUT2D eigenvalue weighted by Gasteiger charge is 2.26. The maximum absolute atomic E-state index is 11.9. The Morgan fingerprint density at radius 1 is 1.30 bits per heavy atom. The number of nitrogens with zero attached hydrogens (tertiary/aromatic N) is 1. The molecule has 3 nitrogen and oxygen atoms in total. The van der Waals surface area contributed by atoms with Crippen LogP contribution in [0.1, 0.15) is 52.9 Å². The van der Waals surface area contributed by atoms with Gasteiger partial charge in [0.1, 0.15) is 5.60 Å². The summed E-state index contributed by atoms with van der Waals surface area (Å²) in [6.45, 7) is 7.39. The van der Waals surface area contributed by atoms with Crippen LogP contribution in [0.5, 0.6) is 0 Å². The SMILES string of the molecule is CC(C)(C)OC(=O)N1CCC(CCCC=C(Br)Br)CC1. The molecule has 1 amide bonds. The van der Waals surface area contributed by atoms with E-state index in [0.717, 1.165) is 41.7 Å². The predicted molar refractivity (Wildman–Crippen MR) is 90.3 cm³/mol. The van der Waals surface area contributed by atoms with Crippen molar-refractivity contribution in [1.82, 2.24) is 4.90 Å². The summed E-state index contributed by atoms with van der Waals surface area (Å²) in [5.41, 5.74) is -0.399.